The van der Waals surface area contributed by atoms with E-state index >= 15 is 0 Å². The van der Waals surface area contributed by atoms with Gasteiger partial charge in [0.05, 0.1) is 23.4 Å². The molecule has 0 saturated carbocycles. The van der Waals surface area contributed by atoms with Gasteiger partial charge >= 0.3 is 0 Å². The van der Waals surface area contributed by atoms with Gasteiger partial charge in [-0.2, -0.15) is 0 Å². The molecule has 2 aromatic carbocycles. The van der Waals surface area contributed by atoms with Gasteiger partial charge in [0.2, 0.25) is 0 Å². The van der Waals surface area contributed by atoms with E-state index in [0.29, 0.717) is 0 Å². The van der Waals surface area contributed by atoms with Crippen LogP contribution in [-0.4, -0.2) is 18.2 Å². The number of hydrogen-bond donors (Lipinski definition) is 0. The van der Waals surface area contributed by atoms with Crippen LogP contribution in [0.15, 0.2) is 42.5 Å². The Morgan fingerprint density at radius 1 is 0.778 bits per heavy atom. The molecule has 144 valence electrons. The van der Waals surface area contributed by atoms with Crippen molar-refractivity contribution in [2.75, 3.05) is 13.2 Å². The fraction of sp³-hybridized carbons (Fsp3) is 0.435. The summed E-state index contributed by atoms with van der Waals surface area (Å²) in [6.45, 7) is 5.96. The number of hydrogen-bond acceptors (Lipinski definition) is 4. The normalized spacial score (nSPS) is 11.0. The predicted octanol–water partition coefficient (Wildman–Crippen LogP) is 7.10. The highest BCUT2D eigenvalue weighted by molar-refractivity contribution is 7.21. The Morgan fingerprint density at radius 3 is 2.26 bits per heavy atom. The van der Waals surface area contributed by atoms with E-state index in [-0.39, 0.29) is 0 Å². The number of rotatable bonds is 11. The molecule has 0 unspecified atom stereocenters. The van der Waals surface area contributed by atoms with E-state index in [1.807, 2.05) is 18.2 Å². The average Bonchev–Trinajstić information content (AvgIpc) is 3.12. The average molecular weight is 384 g/mol. The van der Waals surface area contributed by atoms with Crippen molar-refractivity contribution in [1.82, 2.24) is 4.98 Å². The first-order valence-corrected chi connectivity index (χ1v) is 10.9. The van der Waals surface area contributed by atoms with Gasteiger partial charge in [-0.1, -0.05) is 39.5 Å². The van der Waals surface area contributed by atoms with E-state index in [2.05, 4.69) is 38.1 Å². The maximum atomic E-state index is 5.90. The number of ether oxygens (including phenoxy) is 2. The van der Waals surface area contributed by atoms with Crippen LogP contribution in [0, 0.1) is 0 Å². The van der Waals surface area contributed by atoms with Crippen LogP contribution in [-0.2, 0) is 0 Å². The van der Waals surface area contributed by atoms with E-state index < -0.39 is 0 Å². The number of nitrogens with zero attached hydrogens (tertiary/aromatic N) is 1. The first kappa shape index (κ1) is 19.7. The molecule has 0 N–H and O–H groups in total. The second-order valence-corrected chi connectivity index (χ2v) is 7.81. The van der Waals surface area contributed by atoms with Crippen molar-refractivity contribution in [2.24, 2.45) is 0 Å². The standard InChI is InChI=1S/C23H29NO2S/c1-3-5-7-8-16-26-20-13-14-21-22(17-20)27-23(24-21)18-9-11-19(12-10-18)25-15-6-4-2/h9-14,17H,3-8,15-16H2,1-2H3. The lowest BCUT2D eigenvalue weighted by molar-refractivity contribution is 0.305. The molecule has 4 heteroatoms. The van der Waals surface area contributed by atoms with Crippen molar-refractivity contribution in [1.29, 1.82) is 0 Å². The van der Waals surface area contributed by atoms with Gasteiger partial charge in [0.1, 0.15) is 16.5 Å². The van der Waals surface area contributed by atoms with Crippen molar-refractivity contribution < 1.29 is 9.47 Å². The number of unbranched alkanes of at least 4 members (excludes halogenated alkanes) is 4. The van der Waals surface area contributed by atoms with E-state index in [4.69, 9.17) is 14.5 Å². The molecule has 0 aliphatic rings. The minimum Gasteiger partial charge on any atom is -0.494 e. The number of aromatic nitrogens is 1. The van der Waals surface area contributed by atoms with Crippen LogP contribution in [0.1, 0.15) is 52.4 Å². The third kappa shape index (κ3) is 5.70. The molecule has 0 aliphatic heterocycles. The monoisotopic (exact) mass is 383 g/mol. The van der Waals surface area contributed by atoms with Gasteiger partial charge in [0.25, 0.3) is 0 Å². The summed E-state index contributed by atoms with van der Waals surface area (Å²) >= 11 is 1.71. The molecular formula is C23H29NO2S. The molecular weight excluding hydrogens is 354 g/mol. The third-order valence-electron chi connectivity index (χ3n) is 4.49. The molecule has 27 heavy (non-hydrogen) atoms. The third-order valence-corrected chi connectivity index (χ3v) is 5.56. The summed E-state index contributed by atoms with van der Waals surface area (Å²) in [5.41, 5.74) is 2.15. The maximum Gasteiger partial charge on any atom is 0.124 e. The SMILES string of the molecule is CCCCCCOc1ccc2nc(-c3ccc(OCCCC)cc3)sc2c1. The zero-order chi connectivity index (χ0) is 18.9. The highest BCUT2D eigenvalue weighted by Crippen LogP contribution is 2.33. The molecule has 1 aromatic heterocycles. The smallest absolute Gasteiger partial charge is 0.124 e. The lowest BCUT2D eigenvalue weighted by atomic mass is 10.2. The van der Waals surface area contributed by atoms with E-state index in [1.165, 1.54) is 24.0 Å². The van der Waals surface area contributed by atoms with E-state index in [1.54, 1.807) is 11.3 Å². The van der Waals surface area contributed by atoms with Crippen LogP contribution in [0.5, 0.6) is 11.5 Å². The van der Waals surface area contributed by atoms with Crippen LogP contribution < -0.4 is 9.47 Å². The summed E-state index contributed by atoms with van der Waals surface area (Å²) in [5.74, 6) is 1.86. The molecule has 0 saturated heterocycles. The Balaban J connectivity index is 1.63. The predicted molar refractivity (Wildman–Crippen MR) is 115 cm³/mol. The van der Waals surface area contributed by atoms with Crippen LogP contribution >= 0.6 is 11.3 Å². The van der Waals surface area contributed by atoms with Gasteiger partial charge in [-0.25, -0.2) is 4.98 Å². The van der Waals surface area contributed by atoms with Crippen molar-refractivity contribution in [3.8, 4) is 22.1 Å². The largest absolute Gasteiger partial charge is 0.494 e. The molecule has 3 aromatic rings. The van der Waals surface area contributed by atoms with E-state index in [0.717, 1.165) is 60.1 Å². The summed E-state index contributed by atoms with van der Waals surface area (Å²) < 4.78 is 12.8. The molecule has 1 heterocycles. The lowest BCUT2D eigenvalue weighted by Crippen LogP contribution is -1.96. The summed E-state index contributed by atoms with van der Waals surface area (Å²) in [6, 6.07) is 14.4. The van der Waals surface area contributed by atoms with Gasteiger partial charge in [0.15, 0.2) is 0 Å². The molecule has 3 rings (SSSR count). The summed E-state index contributed by atoms with van der Waals surface area (Å²) in [7, 11) is 0. The Morgan fingerprint density at radius 2 is 1.48 bits per heavy atom. The minimum atomic E-state index is 0.776. The maximum absolute atomic E-state index is 5.90. The minimum absolute atomic E-state index is 0.776. The lowest BCUT2D eigenvalue weighted by Gasteiger charge is -2.05. The second-order valence-electron chi connectivity index (χ2n) is 6.78. The number of benzene rings is 2. The zero-order valence-electron chi connectivity index (χ0n) is 16.4. The molecule has 0 aliphatic carbocycles. The van der Waals surface area contributed by atoms with Crippen LogP contribution in [0.3, 0.4) is 0 Å². The molecule has 0 radical (unpaired) electrons. The Kier molecular flexibility index (Phi) is 7.52. The van der Waals surface area contributed by atoms with Crippen LogP contribution in [0.2, 0.25) is 0 Å². The Bertz CT molecular complexity index is 826. The second kappa shape index (κ2) is 10.3. The highest BCUT2D eigenvalue weighted by atomic mass is 32.1. The van der Waals surface area contributed by atoms with Gasteiger partial charge in [-0.3, -0.25) is 0 Å². The number of fused-ring (bicyclic) bond motifs is 1. The van der Waals surface area contributed by atoms with Crippen molar-refractivity contribution in [3.05, 3.63) is 42.5 Å². The Labute approximate surface area is 166 Å². The van der Waals surface area contributed by atoms with E-state index in [9.17, 15) is 0 Å². The molecule has 0 amide bonds. The first-order chi connectivity index (χ1) is 13.3. The summed E-state index contributed by atoms with van der Waals surface area (Å²) in [5, 5.41) is 1.03. The van der Waals surface area contributed by atoms with Crippen LogP contribution in [0.25, 0.3) is 20.8 Å². The van der Waals surface area contributed by atoms with Crippen molar-refractivity contribution in [2.45, 2.75) is 52.4 Å². The van der Waals surface area contributed by atoms with Gasteiger partial charge in [-0.05, 0) is 55.3 Å². The summed E-state index contributed by atoms with van der Waals surface area (Å²) in [6.07, 6.45) is 7.12. The molecule has 3 nitrogen and oxygen atoms in total. The van der Waals surface area contributed by atoms with Gasteiger partial charge in [-0.15, -0.1) is 11.3 Å². The van der Waals surface area contributed by atoms with Crippen LogP contribution in [0.4, 0.5) is 0 Å². The fourth-order valence-corrected chi connectivity index (χ4v) is 3.86. The number of thiazole rings is 1. The molecule has 0 atom stereocenters. The quantitative estimate of drug-likeness (QED) is 0.331. The van der Waals surface area contributed by atoms with Gasteiger partial charge < -0.3 is 9.47 Å². The fourth-order valence-electron chi connectivity index (χ4n) is 2.87. The highest BCUT2D eigenvalue weighted by Gasteiger charge is 2.08. The topological polar surface area (TPSA) is 31.4 Å². The molecule has 0 bridgehead atoms. The van der Waals surface area contributed by atoms with Crippen molar-refractivity contribution in [3.63, 3.8) is 0 Å². The molecule has 0 fully saturated rings. The van der Waals surface area contributed by atoms with Gasteiger partial charge in [0, 0.05) is 5.56 Å². The zero-order valence-corrected chi connectivity index (χ0v) is 17.2. The Hall–Kier alpha value is -2.07. The van der Waals surface area contributed by atoms with Crippen molar-refractivity contribution >= 4 is 21.6 Å². The molecule has 0 spiro atoms. The summed E-state index contributed by atoms with van der Waals surface area (Å²) in [4.78, 5) is 4.77. The first-order valence-electron chi connectivity index (χ1n) is 10.1.